The van der Waals surface area contributed by atoms with Gasteiger partial charge in [-0.1, -0.05) is 6.07 Å². The number of halogens is 1. The zero-order chi connectivity index (χ0) is 11.1. The third-order valence-electron chi connectivity index (χ3n) is 2.76. The van der Waals surface area contributed by atoms with Crippen LogP contribution in [0.3, 0.4) is 0 Å². The molecule has 0 aromatic heterocycles. The van der Waals surface area contributed by atoms with Crippen molar-refractivity contribution in [3.63, 3.8) is 0 Å². The first kappa shape index (κ1) is 10.2. The highest BCUT2D eigenvalue weighted by Crippen LogP contribution is 2.41. The van der Waals surface area contributed by atoms with Gasteiger partial charge in [0.2, 0.25) is 6.79 Å². The highest BCUT2D eigenvalue weighted by atomic mass is 35.5. The molecule has 0 amide bonds. The Bertz CT molecular complexity index is 430. The van der Waals surface area contributed by atoms with Gasteiger partial charge in [-0.25, -0.2) is 4.84 Å². The SMILES string of the molecule is OB1OC(CNCl)c2c1ccc1c2OCO1. The molecule has 0 radical (unpaired) electrons. The van der Waals surface area contributed by atoms with Crippen LogP contribution in [0.1, 0.15) is 11.7 Å². The topological polar surface area (TPSA) is 60.0 Å². The second kappa shape index (κ2) is 3.82. The predicted molar refractivity (Wildman–Crippen MR) is 57.9 cm³/mol. The van der Waals surface area contributed by atoms with Crippen LogP contribution >= 0.6 is 11.8 Å². The van der Waals surface area contributed by atoms with E-state index in [9.17, 15) is 5.02 Å². The van der Waals surface area contributed by atoms with Crippen LogP contribution in [0, 0.1) is 0 Å². The maximum atomic E-state index is 9.72. The van der Waals surface area contributed by atoms with Gasteiger partial charge >= 0.3 is 7.12 Å². The molecule has 84 valence electrons. The molecule has 5 nitrogen and oxygen atoms in total. The van der Waals surface area contributed by atoms with Crippen molar-refractivity contribution in [1.82, 2.24) is 4.84 Å². The molecule has 7 heteroatoms. The molecule has 1 aromatic rings. The molecule has 0 saturated carbocycles. The van der Waals surface area contributed by atoms with Gasteiger partial charge in [0.25, 0.3) is 0 Å². The molecule has 2 aliphatic rings. The van der Waals surface area contributed by atoms with E-state index in [0.29, 0.717) is 23.5 Å². The number of benzene rings is 1. The average Bonchev–Trinajstić information content (AvgIpc) is 2.84. The van der Waals surface area contributed by atoms with Crippen molar-refractivity contribution in [3.05, 3.63) is 17.7 Å². The lowest BCUT2D eigenvalue weighted by molar-refractivity contribution is 0.165. The summed E-state index contributed by atoms with van der Waals surface area (Å²) in [6.07, 6.45) is -0.320. The highest BCUT2D eigenvalue weighted by molar-refractivity contribution is 6.62. The summed E-state index contributed by atoms with van der Waals surface area (Å²) in [5.41, 5.74) is 1.52. The molecular weight excluding hydrogens is 232 g/mol. The van der Waals surface area contributed by atoms with Crippen LogP contribution in [-0.2, 0) is 4.65 Å². The third kappa shape index (κ3) is 1.38. The van der Waals surface area contributed by atoms with Crippen LogP contribution in [0.5, 0.6) is 11.5 Å². The van der Waals surface area contributed by atoms with Gasteiger partial charge in [-0.2, -0.15) is 0 Å². The Morgan fingerprint density at radius 3 is 3.19 bits per heavy atom. The van der Waals surface area contributed by atoms with Gasteiger partial charge < -0.3 is 19.2 Å². The first-order valence-electron chi connectivity index (χ1n) is 4.90. The molecule has 0 fully saturated rings. The first-order chi connectivity index (χ1) is 7.81. The average molecular weight is 241 g/mol. The summed E-state index contributed by atoms with van der Waals surface area (Å²) >= 11 is 5.46. The number of ether oxygens (including phenoxy) is 2. The second-order valence-electron chi connectivity index (χ2n) is 3.62. The van der Waals surface area contributed by atoms with Gasteiger partial charge in [0.05, 0.1) is 6.10 Å². The van der Waals surface area contributed by atoms with Crippen molar-refractivity contribution < 1.29 is 19.2 Å². The first-order valence-corrected chi connectivity index (χ1v) is 5.28. The Hall–Kier alpha value is -0.945. The number of nitrogens with one attached hydrogen (secondary N) is 1. The Balaban J connectivity index is 2.09. The number of rotatable bonds is 2. The van der Waals surface area contributed by atoms with Gasteiger partial charge in [0, 0.05) is 12.1 Å². The highest BCUT2D eigenvalue weighted by Gasteiger charge is 2.39. The maximum Gasteiger partial charge on any atom is 0.492 e. The molecule has 1 atom stereocenters. The van der Waals surface area contributed by atoms with Crippen molar-refractivity contribution in [2.24, 2.45) is 0 Å². The summed E-state index contributed by atoms with van der Waals surface area (Å²) < 4.78 is 16.0. The van der Waals surface area contributed by atoms with Crippen LogP contribution in [0.4, 0.5) is 0 Å². The lowest BCUT2D eigenvalue weighted by Crippen LogP contribution is -2.27. The Morgan fingerprint density at radius 2 is 2.38 bits per heavy atom. The van der Waals surface area contributed by atoms with Crippen LogP contribution in [0.15, 0.2) is 12.1 Å². The van der Waals surface area contributed by atoms with Crippen LogP contribution in [0.25, 0.3) is 0 Å². The molecule has 0 aliphatic carbocycles. The quantitative estimate of drug-likeness (QED) is 0.560. The van der Waals surface area contributed by atoms with E-state index >= 15 is 0 Å². The molecule has 3 rings (SSSR count). The van der Waals surface area contributed by atoms with E-state index in [0.717, 1.165) is 5.56 Å². The van der Waals surface area contributed by atoms with E-state index in [4.69, 9.17) is 25.9 Å². The predicted octanol–water partition coefficient (Wildman–Crippen LogP) is -0.0825. The Labute approximate surface area is 97.5 Å². The van der Waals surface area contributed by atoms with Crippen molar-refractivity contribution in [2.45, 2.75) is 6.10 Å². The fraction of sp³-hybridized carbons (Fsp3) is 0.333. The van der Waals surface area contributed by atoms with Gasteiger partial charge in [0.15, 0.2) is 11.5 Å². The van der Waals surface area contributed by atoms with Crippen LogP contribution < -0.4 is 19.8 Å². The zero-order valence-corrected chi connectivity index (χ0v) is 9.03. The summed E-state index contributed by atoms with van der Waals surface area (Å²) in [4.78, 5) is 2.50. The third-order valence-corrected chi connectivity index (χ3v) is 2.91. The summed E-state index contributed by atoms with van der Waals surface area (Å²) in [6.45, 7) is 0.592. The van der Waals surface area contributed by atoms with E-state index < -0.39 is 7.12 Å². The Morgan fingerprint density at radius 1 is 1.50 bits per heavy atom. The van der Waals surface area contributed by atoms with Gasteiger partial charge in [-0.05, 0) is 23.3 Å². The molecule has 2 aliphatic heterocycles. The molecular formula is C9H9BClNO4. The van der Waals surface area contributed by atoms with Crippen LogP contribution in [-0.4, -0.2) is 25.5 Å². The molecule has 16 heavy (non-hydrogen) atoms. The minimum absolute atomic E-state index is 0.197. The number of hydrogen-bond acceptors (Lipinski definition) is 5. The standard InChI is InChI=1S/C9H9BClNO4/c11-12-3-7-8-5(10(13)16-7)1-2-6-9(8)15-4-14-6/h1-2,7,12-13H,3-4H2. The summed E-state index contributed by atoms with van der Waals surface area (Å²) in [7, 11) is -0.931. The van der Waals surface area contributed by atoms with Crippen molar-refractivity contribution in [3.8, 4) is 11.5 Å². The minimum Gasteiger partial charge on any atom is -0.454 e. The Kier molecular flexibility index (Phi) is 2.44. The lowest BCUT2D eigenvalue weighted by Gasteiger charge is -2.12. The normalized spacial score (nSPS) is 21.4. The van der Waals surface area contributed by atoms with E-state index in [1.54, 1.807) is 12.1 Å². The lowest BCUT2D eigenvalue weighted by atomic mass is 9.79. The molecule has 2 N–H and O–H groups in total. The molecule has 1 aromatic carbocycles. The monoisotopic (exact) mass is 241 g/mol. The largest absolute Gasteiger partial charge is 0.492 e. The van der Waals surface area contributed by atoms with Crippen molar-refractivity contribution in [1.29, 1.82) is 0 Å². The van der Waals surface area contributed by atoms with E-state index in [1.165, 1.54) is 0 Å². The summed E-state index contributed by atoms with van der Waals surface area (Å²) in [5.74, 6) is 1.32. The van der Waals surface area contributed by atoms with Crippen molar-refractivity contribution >= 4 is 24.4 Å². The fourth-order valence-corrected chi connectivity index (χ4v) is 2.21. The van der Waals surface area contributed by atoms with E-state index in [-0.39, 0.29) is 12.9 Å². The minimum atomic E-state index is -0.931. The van der Waals surface area contributed by atoms with E-state index in [2.05, 4.69) is 4.84 Å². The molecule has 0 bridgehead atoms. The second-order valence-corrected chi connectivity index (χ2v) is 3.88. The number of hydrogen-bond donors (Lipinski definition) is 2. The maximum absolute atomic E-state index is 9.72. The number of fused-ring (bicyclic) bond motifs is 3. The molecule has 0 spiro atoms. The summed E-state index contributed by atoms with van der Waals surface area (Å²) in [5, 5.41) is 9.72. The van der Waals surface area contributed by atoms with Gasteiger partial charge in [-0.3, -0.25) is 0 Å². The molecule has 1 unspecified atom stereocenters. The van der Waals surface area contributed by atoms with Crippen LogP contribution in [0.2, 0.25) is 0 Å². The van der Waals surface area contributed by atoms with Gasteiger partial charge in [-0.15, -0.1) is 0 Å². The summed E-state index contributed by atoms with van der Waals surface area (Å²) in [6, 6.07) is 3.55. The van der Waals surface area contributed by atoms with Crippen molar-refractivity contribution in [2.75, 3.05) is 13.3 Å². The van der Waals surface area contributed by atoms with Gasteiger partial charge in [0.1, 0.15) is 0 Å². The molecule has 0 saturated heterocycles. The zero-order valence-electron chi connectivity index (χ0n) is 8.27. The van der Waals surface area contributed by atoms with E-state index in [1.807, 2.05) is 0 Å². The smallest absolute Gasteiger partial charge is 0.454 e. The molecule has 2 heterocycles. The fourth-order valence-electron chi connectivity index (χ4n) is 2.07.